The third-order valence-electron chi connectivity index (χ3n) is 3.35. The number of hydrogen-bond acceptors (Lipinski definition) is 2. The van der Waals surface area contributed by atoms with Gasteiger partial charge in [-0.15, -0.1) is 0 Å². The molecule has 0 bridgehead atoms. The molecular weight excluding hydrogens is 329 g/mol. The molecule has 0 spiro atoms. The summed E-state index contributed by atoms with van der Waals surface area (Å²) in [6.07, 6.45) is 1.21. The second-order valence-corrected chi connectivity index (χ2v) is 5.13. The molecule has 0 heterocycles. The number of nitrogens with zero attached hydrogens (tertiary/aromatic N) is 1. The Labute approximate surface area is 135 Å². The maximum Gasteiger partial charge on any atom is 0.200 e. The fourth-order valence-electron chi connectivity index (χ4n) is 2.00. The van der Waals surface area contributed by atoms with E-state index >= 15 is 0 Å². The van der Waals surface area contributed by atoms with Crippen molar-refractivity contribution in [1.82, 2.24) is 0 Å². The van der Waals surface area contributed by atoms with E-state index in [4.69, 9.17) is 4.84 Å². The van der Waals surface area contributed by atoms with Crippen LogP contribution in [-0.4, -0.2) is 5.71 Å². The minimum atomic E-state index is -2.20. The van der Waals surface area contributed by atoms with Crippen LogP contribution in [0, 0.1) is 29.1 Å². The maximum absolute atomic E-state index is 13.4. The van der Waals surface area contributed by atoms with Crippen LogP contribution in [0.5, 0.6) is 0 Å². The van der Waals surface area contributed by atoms with Gasteiger partial charge in [-0.25, -0.2) is 22.0 Å². The molecule has 2 aromatic rings. The van der Waals surface area contributed by atoms with Gasteiger partial charge in [-0.1, -0.05) is 35.5 Å². The highest BCUT2D eigenvalue weighted by Crippen LogP contribution is 2.23. The first-order chi connectivity index (χ1) is 11.4. The van der Waals surface area contributed by atoms with Crippen molar-refractivity contribution >= 4 is 5.71 Å². The number of rotatable bonds is 6. The van der Waals surface area contributed by atoms with Crippen molar-refractivity contribution in [2.24, 2.45) is 5.16 Å². The lowest BCUT2D eigenvalue weighted by Gasteiger charge is -2.07. The Balaban J connectivity index is 1.98. The monoisotopic (exact) mass is 343 g/mol. The maximum atomic E-state index is 13.4. The minimum absolute atomic E-state index is 0.529. The van der Waals surface area contributed by atoms with E-state index in [1.165, 1.54) is 0 Å². The first-order valence-electron chi connectivity index (χ1n) is 7.11. The molecule has 128 valence electrons. The summed E-state index contributed by atoms with van der Waals surface area (Å²) in [7, 11) is 0. The van der Waals surface area contributed by atoms with Crippen LogP contribution >= 0.6 is 0 Å². The first kappa shape index (κ1) is 17.9. The lowest BCUT2D eigenvalue weighted by molar-refractivity contribution is 0.122. The zero-order valence-electron chi connectivity index (χ0n) is 12.8. The summed E-state index contributed by atoms with van der Waals surface area (Å²) < 4.78 is 65.9. The molecule has 0 saturated heterocycles. The van der Waals surface area contributed by atoms with E-state index in [1.54, 1.807) is 6.92 Å². The lowest BCUT2D eigenvalue weighted by Crippen LogP contribution is -2.08. The van der Waals surface area contributed by atoms with Crippen molar-refractivity contribution in [1.29, 1.82) is 0 Å². The Hall–Kier alpha value is -2.44. The third kappa shape index (κ3) is 4.10. The van der Waals surface area contributed by atoms with Gasteiger partial charge >= 0.3 is 0 Å². The molecule has 0 fully saturated rings. The first-order valence-corrected chi connectivity index (χ1v) is 7.11. The van der Waals surface area contributed by atoms with Crippen LogP contribution in [0.2, 0.25) is 0 Å². The molecule has 0 saturated carbocycles. The number of halogens is 5. The molecule has 0 radical (unpaired) electrons. The van der Waals surface area contributed by atoms with Gasteiger partial charge in [0.1, 0.15) is 6.61 Å². The molecule has 0 N–H and O–H groups in total. The summed E-state index contributed by atoms with van der Waals surface area (Å²) >= 11 is 0. The van der Waals surface area contributed by atoms with Gasteiger partial charge in [0, 0.05) is 0 Å². The Bertz CT molecular complexity index is 717. The average molecular weight is 343 g/mol. The number of hydrogen-bond donors (Lipinski definition) is 0. The van der Waals surface area contributed by atoms with Crippen molar-refractivity contribution in [2.75, 3.05) is 0 Å². The van der Waals surface area contributed by atoms with Crippen LogP contribution < -0.4 is 0 Å². The molecule has 0 amide bonds. The lowest BCUT2D eigenvalue weighted by atomic mass is 10.1. The highest BCUT2D eigenvalue weighted by molar-refractivity contribution is 5.81. The zero-order valence-corrected chi connectivity index (χ0v) is 12.8. The van der Waals surface area contributed by atoms with Gasteiger partial charge in [0.25, 0.3) is 0 Å². The predicted molar refractivity (Wildman–Crippen MR) is 78.9 cm³/mol. The van der Waals surface area contributed by atoms with E-state index in [2.05, 4.69) is 5.16 Å². The van der Waals surface area contributed by atoms with Gasteiger partial charge in [0.05, 0.1) is 11.3 Å². The minimum Gasteiger partial charge on any atom is -0.391 e. The normalized spacial score (nSPS) is 11.7. The number of oxime groups is 1. The van der Waals surface area contributed by atoms with Crippen LogP contribution in [0.1, 0.15) is 24.5 Å². The van der Waals surface area contributed by atoms with Gasteiger partial charge in [0.15, 0.2) is 23.3 Å². The summed E-state index contributed by atoms with van der Waals surface area (Å²) in [6.45, 7) is 0.788. The largest absolute Gasteiger partial charge is 0.391 e. The van der Waals surface area contributed by atoms with Crippen molar-refractivity contribution < 1.29 is 26.8 Å². The van der Waals surface area contributed by atoms with Gasteiger partial charge < -0.3 is 4.84 Å². The van der Waals surface area contributed by atoms with E-state index in [9.17, 15) is 22.0 Å². The molecule has 0 unspecified atom stereocenters. The summed E-state index contributed by atoms with van der Waals surface area (Å²) in [5.41, 5.74) is 0.556. The molecule has 0 atom stereocenters. The van der Waals surface area contributed by atoms with E-state index in [0.29, 0.717) is 18.6 Å². The van der Waals surface area contributed by atoms with Gasteiger partial charge in [-0.05, 0) is 25.3 Å². The van der Waals surface area contributed by atoms with E-state index < -0.39 is 41.3 Å². The Morgan fingerprint density at radius 2 is 1.42 bits per heavy atom. The summed E-state index contributed by atoms with van der Waals surface area (Å²) in [5.74, 6) is -10.0. The van der Waals surface area contributed by atoms with E-state index in [1.807, 2.05) is 30.3 Å². The Kier molecular flexibility index (Phi) is 5.89. The van der Waals surface area contributed by atoms with Gasteiger partial charge in [-0.2, -0.15) is 0 Å². The molecule has 0 aliphatic carbocycles. The molecule has 0 aliphatic heterocycles. The summed E-state index contributed by atoms with van der Waals surface area (Å²) in [5, 5.41) is 3.64. The fourth-order valence-corrected chi connectivity index (χ4v) is 2.00. The van der Waals surface area contributed by atoms with Crippen molar-refractivity contribution in [2.45, 2.75) is 26.4 Å². The second kappa shape index (κ2) is 7.90. The smallest absolute Gasteiger partial charge is 0.200 e. The highest BCUT2D eigenvalue weighted by Gasteiger charge is 2.25. The van der Waals surface area contributed by atoms with Gasteiger partial charge in [-0.3, -0.25) is 0 Å². The third-order valence-corrected chi connectivity index (χ3v) is 3.35. The molecule has 2 aromatic carbocycles. The quantitative estimate of drug-likeness (QED) is 0.240. The Morgan fingerprint density at radius 1 is 0.875 bits per heavy atom. The fraction of sp³-hybridized carbons (Fsp3) is 0.235. The average Bonchev–Trinajstić information content (AvgIpc) is 2.60. The van der Waals surface area contributed by atoms with Crippen molar-refractivity contribution in [3.8, 4) is 0 Å². The van der Waals surface area contributed by atoms with Crippen LogP contribution in [0.25, 0.3) is 0 Å². The van der Waals surface area contributed by atoms with Crippen molar-refractivity contribution in [3.05, 3.63) is 70.5 Å². The molecule has 2 nitrogen and oxygen atoms in total. The number of aryl methyl sites for hydroxylation is 1. The molecule has 7 heteroatoms. The topological polar surface area (TPSA) is 21.6 Å². The molecule has 2 rings (SSSR count). The van der Waals surface area contributed by atoms with Crippen LogP contribution in [0.3, 0.4) is 0 Å². The van der Waals surface area contributed by atoms with E-state index in [0.717, 1.165) is 5.56 Å². The van der Waals surface area contributed by atoms with E-state index in [-0.39, 0.29) is 0 Å². The molecular formula is C17H14F5NO. The molecule has 0 aromatic heterocycles. The second-order valence-electron chi connectivity index (χ2n) is 5.13. The summed E-state index contributed by atoms with van der Waals surface area (Å²) in [6, 6.07) is 9.53. The molecule has 24 heavy (non-hydrogen) atoms. The van der Waals surface area contributed by atoms with Crippen LogP contribution in [0.15, 0.2) is 35.5 Å². The highest BCUT2D eigenvalue weighted by atomic mass is 19.2. The SMILES string of the molecule is C/C(CCc1ccccc1)=N/OCc1c(F)c(F)c(F)c(F)c1F. The summed E-state index contributed by atoms with van der Waals surface area (Å²) in [4.78, 5) is 4.73. The Morgan fingerprint density at radius 3 is 2.00 bits per heavy atom. The van der Waals surface area contributed by atoms with Gasteiger partial charge in [0.2, 0.25) is 5.82 Å². The van der Waals surface area contributed by atoms with Crippen molar-refractivity contribution in [3.63, 3.8) is 0 Å². The number of benzene rings is 2. The van der Waals surface area contributed by atoms with Crippen LogP contribution in [-0.2, 0) is 17.9 Å². The molecule has 0 aliphatic rings. The predicted octanol–water partition coefficient (Wildman–Crippen LogP) is 4.91. The van der Waals surface area contributed by atoms with Crippen LogP contribution in [0.4, 0.5) is 22.0 Å². The zero-order chi connectivity index (χ0) is 17.7. The standard InChI is InChI=1S/C17H14F5NO/c1-10(7-8-11-5-3-2-4-6-11)23-24-9-12-13(18)15(20)17(22)16(21)14(12)19/h2-6H,7-9H2,1H3/b23-10-.